The van der Waals surface area contributed by atoms with Crippen molar-refractivity contribution in [2.45, 2.75) is 52.8 Å². The third-order valence-electron chi connectivity index (χ3n) is 9.54. The van der Waals surface area contributed by atoms with Crippen molar-refractivity contribution in [3.05, 3.63) is 168 Å². The topological polar surface area (TPSA) is 50.9 Å². The highest BCUT2D eigenvalue weighted by molar-refractivity contribution is 5.97. The molecule has 0 spiro atoms. The summed E-state index contributed by atoms with van der Waals surface area (Å²) in [6.45, 7) is 6.77. The van der Waals surface area contributed by atoms with E-state index >= 15 is 0 Å². The van der Waals surface area contributed by atoms with E-state index in [2.05, 4.69) is 4.98 Å². The molecule has 0 bridgehead atoms. The van der Waals surface area contributed by atoms with Crippen LogP contribution in [0.15, 0.2) is 152 Å². The molecule has 8 aromatic rings. The van der Waals surface area contributed by atoms with Crippen LogP contribution < -0.4 is 0 Å². The SMILES string of the molecule is [2H]c1nc(-c2cc(-c3cccc4c3nc(-c3ccccc3O)n4-c3cc(-c4ccccc4)cc(C([2H])(C)C)c3)cc(C(C)(C)C)c2)c([2H])c(-c2c([2H])c([2H])c(C([2H])([2H])[2H])c([2H])c2[2H])c1[2H]. The molecular weight excluding hydrogens is 659 g/mol. The van der Waals surface area contributed by atoms with E-state index in [0.29, 0.717) is 39.1 Å². The first-order valence-electron chi connectivity index (χ1n) is 23.2. The highest BCUT2D eigenvalue weighted by Crippen LogP contribution is 2.41. The summed E-state index contributed by atoms with van der Waals surface area (Å²) in [5, 5.41) is 11.3. The fraction of sp³-hybridized carbons (Fsp3) is 0.160. The maximum absolute atomic E-state index is 11.3. The fourth-order valence-corrected chi connectivity index (χ4v) is 6.63. The van der Waals surface area contributed by atoms with E-state index in [4.69, 9.17) is 18.7 Å². The Bertz CT molecular complexity index is 3170. The predicted octanol–water partition coefficient (Wildman–Crippen LogP) is 13.2. The maximum atomic E-state index is 11.3. The number of benzene rings is 6. The zero-order valence-corrected chi connectivity index (χ0v) is 30.7. The van der Waals surface area contributed by atoms with E-state index in [-0.39, 0.29) is 17.0 Å². The Hall–Kier alpha value is -6.26. The van der Waals surface area contributed by atoms with Gasteiger partial charge in [-0.1, -0.05) is 131 Å². The minimum atomic E-state index is -2.96. The van der Waals surface area contributed by atoms with Crippen LogP contribution in [0.4, 0.5) is 0 Å². The summed E-state index contributed by atoms with van der Waals surface area (Å²) in [7, 11) is 0. The molecule has 0 atom stereocenters. The van der Waals surface area contributed by atoms with Crippen LogP contribution in [-0.4, -0.2) is 19.6 Å². The van der Waals surface area contributed by atoms with Gasteiger partial charge in [-0.05, 0) is 112 Å². The Morgan fingerprint density at radius 2 is 1.44 bits per heavy atom. The molecule has 0 unspecified atom stereocenters. The molecule has 4 heteroatoms. The lowest BCUT2D eigenvalue weighted by molar-refractivity contribution is 0.477. The van der Waals surface area contributed by atoms with Gasteiger partial charge in [-0.3, -0.25) is 9.55 Å². The van der Waals surface area contributed by atoms with Crippen LogP contribution in [0, 0.1) is 6.85 Å². The van der Waals surface area contributed by atoms with Gasteiger partial charge in [0.25, 0.3) is 0 Å². The molecule has 54 heavy (non-hydrogen) atoms. The van der Waals surface area contributed by atoms with Gasteiger partial charge in [0.05, 0.1) is 31.9 Å². The molecule has 2 heterocycles. The van der Waals surface area contributed by atoms with Gasteiger partial charge in [0.1, 0.15) is 11.6 Å². The van der Waals surface area contributed by atoms with Crippen molar-refractivity contribution in [2.24, 2.45) is 0 Å². The highest BCUT2D eigenvalue weighted by Gasteiger charge is 2.23. The van der Waals surface area contributed by atoms with Gasteiger partial charge in [-0.2, -0.15) is 0 Å². The largest absolute Gasteiger partial charge is 0.507 e. The number of rotatable bonds is 7. The van der Waals surface area contributed by atoms with Crippen LogP contribution in [0.25, 0.3) is 72.7 Å². The third-order valence-corrected chi connectivity index (χ3v) is 9.54. The van der Waals surface area contributed by atoms with Gasteiger partial charge in [0.2, 0.25) is 0 Å². The second-order valence-electron chi connectivity index (χ2n) is 14.6. The summed E-state index contributed by atoms with van der Waals surface area (Å²) in [4.78, 5) is 9.67. The molecule has 0 saturated carbocycles. The van der Waals surface area contributed by atoms with E-state index in [1.165, 1.54) is 0 Å². The molecule has 6 aromatic carbocycles. The van der Waals surface area contributed by atoms with Crippen molar-refractivity contribution in [1.82, 2.24) is 14.5 Å². The Balaban J connectivity index is 1.41. The van der Waals surface area contributed by atoms with Gasteiger partial charge < -0.3 is 5.11 Å². The van der Waals surface area contributed by atoms with Crippen molar-refractivity contribution in [3.63, 3.8) is 0 Å². The number of fused-ring (bicyclic) bond motifs is 1. The van der Waals surface area contributed by atoms with Gasteiger partial charge in [-0.15, -0.1) is 0 Å². The highest BCUT2D eigenvalue weighted by atomic mass is 16.3. The van der Waals surface area contributed by atoms with E-state index in [9.17, 15) is 6.48 Å². The summed E-state index contributed by atoms with van der Waals surface area (Å²) < 4.78 is 96.4. The molecule has 0 radical (unpaired) electrons. The van der Waals surface area contributed by atoms with E-state index < -0.39 is 71.7 Å². The molecule has 0 fully saturated rings. The van der Waals surface area contributed by atoms with Crippen LogP contribution in [0.1, 0.15) is 72.3 Å². The van der Waals surface area contributed by atoms with Crippen LogP contribution in [0.5, 0.6) is 5.75 Å². The lowest BCUT2D eigenvalue weighted by Gasteiger charge is -2.22. The molecule has 8 rings (SSSR count). The monoisotopic (exact) mass is 714 g/mol. The van der Waals surface area contributed by atoms with E-state index in [1.54, 1.807) is 24.3 Å². The minimum Gasteiger partial charge on any atom is -0.507 e. The number of aromatic hydroxyl groups is 1. The number of para-hydroxylation sites is 2. The van der Waals surface area contributed by atoms with Crippen molar-refractivity contribution in [2.75, 3.05) is 0 Å². The van der Waals surface area contributed by atoms with Crippen LogP contribution in [0.3, 0.4) is 0 Å². The van der Waals surface area contributed by atoms with Crippen molar-refractivity contribution < 1.29 is 20.2 Å². The number of aromatic nitrogens is 3. The van der Waals surface area contributed by atoms with Gasteiger partial charge in [0, 0.05) is 28.5 Å². The summed E-state index contributed by atoms with van der Waals surface area (Å²) >= 11 is 0. The van der Waals surface area contributed by atoms with Crippen molar-refractivity contribution in [3.8, 4) is 67.5 Å². The molecule has 0 aliphatic carbocycles. The quantitative estimate of drug-likeness (QED) is 0.179. The molecule has 266 valence electrons. The van der Waals surface area contributed by atoms with E-state index in [0.717, 1.165) is 27.9 Å². The molecule has 4 nitrogen and oxygen atoms in total. The lowest BCUT2D eigenvalue weighted by Crippen LogP contribution is -2.11. The molecule has 0 aliphatic rings. The normalized spacial score (nSPS) is 15.1. The minimum absolute atomic E-state index is 0.0200. The van der Waals surface area contributed by atoms with Crippen LogP contribution in [0.2, 0.25) is 0 Å². The molecular formula is C50H45N3O. The first-order valence-corrected chi connectivity index (χ1v) is 17.7. The van der Waals surface area contributed by atoms with Crippen molar-refractivity contribution >= 4 is 11.0 Å². The molecule has 0 amide bonds. The summed E-state index contributed by atoms with van der Waals surface area (Å²) in [5.41, 5.74) is 5.47. The molecule has 0 aliphatic heterocycles. The number of nitrogens with zero attached hydrogens (tertiary/aromatic N) is 3. The Morgan fingerprint density at radius 3 is 2.19 bits per heavy atom. The average molecular weight is 715 g/mol. The zero-order valence-electron chi connectivity index (χ0n) is 41.7. The average Bonchev–Trinajstić information content (AvgIpc) is 3.64. The van der Waals surface area contributed by atoms with Gasteiger partial charge >= 0.3 is 0 Å². The summed E-state index contributed by atoms with van der Waals surface area (Å²) in [5.74, 6) is -0.502. The summed E-state index contributed by atoms with van der Waals surface area (Å²) in [6, 6.07) is 30.1. The smallest absolute Gasteiger partial charge is 0.149 e. The predicted molar refractivity (Wildman–Crippen MR) is 225 cm³/mol. The summed E-state index contributed by atoms with van der Waals surface area (Å²) in [6.07, 6.45) is -0.577. The fourth-order valence-electron chi connectivity index (χ4n) is 6.63. The molecule has 1 N–H and O–H groups in total. The van der Waals surface area contributed by atoms with Crippen molar-refractivity contribution in [1.29, 1.82) is 0 Å². The Morgan fingerprint density at radius 1 is 0.704 bits per heavy atom. The number of phenols is 1. The first kappa shape index (κ1) is 24.1. The number of hydrogen-bond donors (Lipinski definition) is 1. The van der Waals surface area contributed by atoms with Gasteiger partial charge in [0.15, 0.2) is 0 Å². The van der Waals surface area contributed by atoms with Crippen LogP contribution >= 0.6 is 0 Å². The number of pyridine rings is 1. The molecule has 0 saturated heterocycles. The Kier molecular flexibility index (Phi) is 6.23. The van der Waals surface area contributed by atoms with Gasteiger partial charge in [-0.25, -0.2) is 4.98 Å². The first-order chi connectivity index (χ1) is 30.5. The van der Waals surface area contributed by atoms with E-state index in [1.807, 2.05) is 124 Å². The second-order valence-corrected chi connectivity index (χ2v) is 14.6. The molecule has 2 aromatic heterocycles. The zero-order chi connectivity index (χ0) is 47.1. The Labute approximate surface area is 333 Å². The lowest BCUT2D eigenvalue weighted by atomic mass is 9.83. The number of imidazole rings is 1. The number of hydrogen-bond acceptors (Lipinski definition) is 3. The maximum Gasteiger partial charge on any atom is 0.149 e. The van der Waals surface area contributed by atoms with Crippen LogP contribution in [-0.2, 0) is 5.41 Å². The number of phenolic OH excluding ortho intramolecular Hbond substituents is 1. The third kappa shape index (κ3) is 6.72. The second kappa shape index (κ2) is 13.9. The standard InChI is InChI=1S/C50H45N3O/c1-32(2)37-25-38(34-13-8-7-9-14-34)30-42(29-37)53-46-17-12-16-43(48(46)52-49(53)44-15-10-11-18-47(44)54)39-26-40(28-41(27-39)50(4,5)6)45-31-36(23-24-51-45)35-21-19-33(3)20-22-35/h7-32,54H,1-6H3/i3D3,19D,20D,21D,22D,23D,24D,31D,32D.